The van der Waals surface area contributed by atoms with Gasteiger partial charge in [0.2, 0.25) is 5.13 Å². The molecule has 0 saturated heterocycles. The van der Waals surface area contributed by atoms with E-state index in [2.05, 4.69) is 27.4 Å². The third-order valence-electron chi connectivity index (χ3n) is 2.19. The van der Waals surface area contributed by atoms with Gasteiger partial charge in [-0.05, 0) is 19.9 Å². The first-order valence-corrected chi connectivity index (χ1v) is 6.16. The number of imidazole rings is 1. The van der Waals surface area contributed by atoms with Crippen LogP contribution in [0.1, 0.15) is 24.2 Å². The molecule has 0 unspecified atom stereocenters. The van der Waals surface area contributed by atoms with E-state index in [0.717, 1.165) is 35.5 Å². The van der Waals surface area contributed by atoms with Gasteiger partial charge in [0.1, 0.15) is 10.8 Å². The van der Waals surface area contributed by atoms with Crippen LogP contribution >= 0.6 is 11.3 Å². The summed E-state index contributed by atoms with van der Waals surface area (Å²) in [5, 5.41) is 13.5. The quantitative estimate of drug-likeness (QED) is 0.801. The third kappa shape index (κ3) is 2.45. The molecule has 6 heteroatoms. The Bertz CT molecular complexity index is 448. The van der Waals surface area contributed by atoms with E-state index in [1.807, 2.05) is 17.7 Å². The Morgan fingerprint density at radius 2 is 2.31 bits per heavy atom. The summed E-state index contributed by atoms with van der Waals surface area (Å²) in [6, 6.07) is 0. The number of aromatic nitrogens is 4. The second-order valence-electron chi connectivity index (χ2n) is 3.50. The van der Waals surface area contributed by atoms with Gasteiger partial charge in [-0.2, -0.15) is 0 Å². The first-order chi connectivity index (χ1) is 7.81. The van der Waals surface area contributed by atoms with Gasteiger partial charge in [-0.3, -0.25) is 4.57 Å². The molecule has 0 aliphatic rings. The first-order valence-electron chi connectivity index (χ1n) is 5.34. The summed E-state index contributed by atoms with van der Waals surface area (Å²) in [5.74, 6) is 0.934. The van der Waals surface area contributed by atoms with E-state index in [-0.39, 0.29) is 0 Å². The molecule has 86 valence electrons. The van der Waals surface area contributed by atoms with Gasteiger partial charge < -0.3 is 5.32 Å². The largest absolute Gasteiger partial charge is 0.310 e. The maximum absolute atomic E-state index is 4.16. The van der Waals surface area contributed by atoms with E-state index in [9.17, 15) is 0 Å². The van der Waals surface area contributed by atoms with Gasteiger partial charge >= 0.3 is 0 Å². The highest BCUT2D eigenvalue weighted by atomic mass is 32.1. The number of nitrogens with one attached hydrogen (secondary N) is 1. The van der Waals surface area contributed by atoms with Crippen molar-refractivity contribution in [1.82, 2.24) is 25.1 Å². The lowest BCUT2D eigenvalue weighted by Gasteiger charge is -1.97. The molecule has 0 radical (unpaired) electrons. The molecule has 2 rings (SSSR count). The molecule has 1 N–H and O–H groups in total. The van der Waals surface area contributed by atoms with Gasteiger partial charge in [-0.25, -0.2) is 4.98 Å². The Kier molecular flexibility index (Phi) is 3.63. The average Bonchev–Trinajstić information content (AvgIpc) is 2.87. The van der Waals surface area contributed by atoms with Crippen molar-refractivity contribution in [2.75, 3.05) is 6.54 Å². The fourth-order valence-electron chi connectivity index (χ4n) is 1.37. The van der Waals surface area contributed by atoms with E-state index in [0.29, 0.717) is 0 Å². The molecule has 0 aromatic carbocycles. The van der Waals surface area contributed by atoms with Crippen molar-refractivity contribution in [2.45, 2.75) is 26.8 Å². The predicted octanol–water partition coefficient (Wildman–Crippen LogP) is 1.53. The van der Waals surface area contributed by atoms with Crippen LogP contribution in [0.2, 0.25) is 0 Å². The summed E-state index contributed by atoms with van der Waals surface area (Å²) < 4.78 is 1.95. The summed E-state index contributed by atoms with van der Waals surface area (Å²) in [4.78, 5) is 4.16. The Hall–Kier alpha value is -1.27. The molecule has 0 spiro atoms. The summed E-state index contributed by atoms with van der Waals surface area (Å²) in [6.07, 6.45) is 4.80. The zero-order chi connectivity index (χ0) is 11.4. The van der Waals surface area contributed by atoms with Gasteiger partial charge in [-0.15, -0.1) is 10.2 Å². The number of nitrogens with zero attached hydrogens (tertiary/aromatic N) is 4. The zero-order valence-corrected chi connectivity index (χ0v) is 10.3. The fraction of sp³-hybridized carbons (Fsp3) is 0.500. The van der Waals surface area contributed by atoms with Crippen LogP contribution in [0.15, 0.2) is 12.4 Å². The van der Waals surface area contributed by atoms with Crippen LogP contribution < -0.4 is 5.32 Å². The SMILES string of the molecule is CCCNCc1nnc(-n2ccnc2C)s1. The monoisotopic (exact) mass is 237 g/mol. The number of hydrogen-bond acceptors (Lipinski definition) is 5. The molecule has 0 amide bonds. The molecule has 2 heterocycles. The normalized spacial score (nSPS) is 10.9. The van der Waals surface area contributed by atoms with Gasteiger partial charge in [0.25, 0.3) is 0 Å². The molecule has 0 aliphatic carbocycles. The van der Waals surface area contributed by atoms with Crippen molar-refractivity contribution in [1.29, 1.82) is 0 Å². The van der Waals surface area contributed by atoms with E-state index >= 15 is 0 Å². The fourth-order valence-corrected chi connectivity index (χ4v) is 2.21. The summed E-state index contributed by atoms with van der Waals surface area (Å²) >= 11 is 1.59. The molecule has 2 aromatic rings. The predicted molar refractivity (Wildman–Crippen MR) is 63.8 cm³/mol. The molecular formula is C10H15N5S. The summed E-state index contributed by atoms with van der Waals surface area (Å²) in [5.41, 5.74) is 0. The number of hydrogen-bond donors (Lipinski definition) is 1. The summed E-state index contributed by atoms with van der Waals surface area (Å²) in [6.45, 7) is 5.90. The highest BCUT2D eigenvalue weighted by Crippen LogP contribution is 2.15. The lowest BCUT2D eigenvalue weighted by Crippen LogP contribution is -2.13. The topological polar surface area (TPSA) is 55.6 Å². The Labute approximate surface area is 98.5 Å². The molecule has 2 aromatic heterocycles. The van der Waals surface area contributed by atoms with Crippen molar-refractivity contribution in [3.63, 3.8) is 0 Å². The van der Waals surface area contributed by atoms with E-state index in [4.69, 9.17) is 0 Å². The first kappa shape index (κ1) is 11.2. The number of rotatable bonds is 5. The van der Waals surface area contributed by atoms with Crippen LogP contribution in [0.5, 0.6) is 0 Å². The maximum atomic E-state index is 4.16. The smallest absolute Gasteiger partial charge is 0.217 e. The molecule has 5 nitrogen and oxygen atoms in total. The van der Waals surface area contributed by atoms with Crippen molar-refractivity contribution in [3.8, 4) is 5.13 Å². The van der Waals surface area contributed by atoms with Crippen LogP contribution in [0.4, 0.5) is 0 Å². The minimum Gasteiger partial charge on any atom is -0.310 e. The maximum Gasteiger partial charge on any atom is 0.217 e. The minimum absolute atomic E-state index is 0.791. The molecule has 0 fully saturated rings. The van der Waals surface area contributed by atoms with Crippen molar-refractivity contribution >= 4 is 11.3 Å². The summed E-state index contributed by atoms with van der Waals surface area (Å²) in [7, 11) is 0. The van der Waals surface area contributed by atoms with Crippen molar-refractivity contribution in [2.24, 2.45) is 0 Å². The Balaban J connectivity index is 2.05. The van der Waals surface area contributed by atoms with E-state index < -0.39 is 0 Å². The standard InChI is InChI=1S/C10H15N5S/c1-3-4-11-7-9-13-14-10(16-9)15-6-5-12-8(15)2/h5-6,11H,3-4,7H2,1-2H3. The highest BCUT2D eigenvalue weighted by Gasteiger charge is 2.07. The van der Waals surface area contributed by atoms with Crippen LogP contribution in [-0.4, -0.2) is 26.3 Å². The zero-order valence-electron chi connectivity index (χ0n) is 9.47. The van der Waals surface area contributed by atoms with Crippen molar-refractivity contribution in [3.05, 3.63) is 23.2 Å². The van der Waals surface area contributed by atoms with Crippen LogP contribution in [0.3, 0.4) is 0 Å². The van der Waals surface area contributed by atoms with Crippen molar-refractivity contribution < 1.29 is 0 Å². The van der Waals surface area contributed by atoms with E-state index in [1.54, 1.807) is 17.5 Å². The lowest BCUT2D eigenvalue weighted by molar-refractivity contribution is 0.668. The molecule has 0 atom stereocenters. The van der Waals surface area contributed by atoms with Gasteiger partial charge in [0, 0.05) is 18.9 Å². The molecule has 0 saturated carbocycles. The molecule has 0 aliphatic heterocycles. The minimum atomic E-state index is 0.791. The highest BCUT2D eigenvalue weighted by molar-refractivity contribution is 7.13. The molecule has 0 bridgehead atoms. The van der Waals surface area contributed by atoms with Gasteiger partial charge in [-0.1, -0.05) is 18.3 Å². The van der Waals surface area contributed by atoms with Crippen LogP contribution in [0.25, 0.3) is 5.13 Å². The Morgan fingerprint density at radius 1 is 1.44 bits per heavy atom. The Morgan fingerprint density at radius 3 is 3.00 bits per heavy atom. The van der Waals surface area contributed by atoms with Gasteiger partial charge in [0.15, 0.2) is 0 Å². The number of aryl methyl sites for hydroxylation is 1. The molecule has 16 heavy (non-hydrogen) atoms. The van der Waals surface area contributed by atoms with Gasteiger partial charge in [0.05, 0.1) is 0 Å². The second-order valence-corrected chi connectivity index (χ2v) is 4.54. The van der Waals surface area contributed by atoms with Crippen LogP contribution in [0, 0.1) is 6.92 Å². The van der Waals surface area contributed by atoms with E-state index in [1.165, 1.54) is 0 Å². The van der Waals surface area contributed by atoms with Crippen LogP contribution in [-0.2, 0) is 6.54 Å². The third-order valence-corrected chi connectivity index (χ3v) is 3.11. The molecular weight excluding hydrogens is 222 g/mol. The average molecular weight is 237 g/mol. The second kappa shape index (κ2) is 5.18. The lowest BCUT2D eigenvalue weighted by atomic mass is 10.5.